The number of anilines is 1. The van der Waals surface area contributed by atoms with E-state index in [1.807, 2.05) is 0 Å². The summed E-state index contributed by atoms with van der Waals surface area (Å²) in [5.41, 5.74) is 5.91. The maximum Gasteiger partial charge on any atom is 0.325 e. The molecule has 0 amide bonds. The lowest BCUT2D eigenvalue weighted by molar-refractivity contribution is -0.137. The first kappa shape index (κ1) is 11.3. The van der Waals surface area contributed by atoms with Crippen molar-refractivity contribution in [3.05, 3.63) is 23.5 Å². The predicted molar refractivity (Wildman–Crippen MR) is 60.3 cm³/mol. The zero-order chi connectivity index (χ0) is 12.4. The summed E-state index contributed by atoms with van der Waals surface area (Å²) < 4.78 is 1.09. The Hall–Kier alpha value is -2.15. The van der Waals surface area contributed by atoms with E-state index in [0.29, 0.717) is 5.82 Å². The molecule has 0 aliphatic heterocycles. The van der Waals surface area contributed by atoms with Crippen molar-refractivity contribution < 1.29 is 9.90 Å². The fourth-order valence-electron chi connectivity index (χ4n) is 1.27. The van der Waals surface area contributed by atoms with Crippen molar-refractivity contribution in [2.24, 2.45) is 0 Å². The van der Waals surface area contributed by atoms with E-state index in [0.717, 1.165) is 4.68 Å². The number of aliphatic carboxylic acids is 1. The first-order valence-electron chi connectivity index (χ1n) is 4.60. The highest BCUT2D eigenvalue weighted by Gasteiger charge is 2.18. The Morgan fingerprint density at radius 1 is 1.47 bits per heavy atom. The van der Waals surface area contributed by atoms with Crippen LogP contribution in [0.4, 0.5) is 5.82 Å². The summed E-state index contributed by atoms with van der Waals surface area (Å²) in [4.78, 5) is 18.5. The number of hydrogen-bond acceptors (Lipinski definition) is 5. The minimum Gasteiger partial charge on any atom is -0.480 e. The second-order valence-corrected chi connectivity index (χ2v) is 3.55. The number of nitrogens with two attached hydrogens (primary N) is 1. The predicted octanol–water partition coefficient (Wildman–Crippen LogP) is 0.660. The van der Waals surface area contributed by atoms with E-state index < -0.39 is 5.97 Å². The first-order valence-corrected chi connectivity index (χ1v) is 4.98. The van der Waals surface area contributed by atoms with E-state index in [-0.39, 0.29) is 23.1 Å². The van der Waals surface area contributed by atoms with E-state index in [1.54, 1.807) is 6.07 Å². The van der Waals surface area contributed by atoms with Gasteiger partial charge in [-0.1, -0.05) is 11.6 Å². The normalized spacial score (nSPS) is 10.4. The summed E-state index contributed by atoms with van der Waals surface area (Å²) in [6.07, 6.45) is 3.07. The summed E-state index contributed by atoms with van der Waals surface area (Å²) in [6, 6.07) is 1.65. The number of carboxylic acids is 1. The summed E-state index contributed by atoms with van der Waals surface area (Å²) in [5.74, 6) is -0.679. The second-order valence-electron chi connectivity index (χ2n) is 3.17. The highest BCUT2D eigenvalue weighted by molar-refractivity contribution is 6.35. The van der Waals surface area contributed by atoms with Gasteiger partial charge in [-0.25, -0.2) is 14.6 Å². The molecule has 88 valence electrons. The van der Waals surface area contributed by atoms with Crippen LogP contribution >= 0.6 is 11.6 Å². The van der Waals surface area contributed by atoms with Gasteiger partial charge in [-0.05, 0) is 6.07 Å². The zero-order valence-corrected chi connectivity index (χ0v) is 9.29. The molecule has 0 radical (unpaired) electrons. The van der Waals surface area contributed by atoms with Crippen LogP contribution in [0.15, 0.2) is 18.5 Å². The van der Waals surface area contributed by atoms with Crippen LogP contribution in [0, 0.1) is 0 Å². The van der Waals surface area contributed by atoms with Crippen LogP contribution in [-0.4, -0.2) is 30.8 Å². The van der Waals surface area contributed by atoms with Gasteiger partial charge in [0.2, 0.25) is 0 Å². The number of nitrogen functional groups attached to an aromatic ring is 1. The Morgan fingerprint density at radius 2 is 2.12 bits per heavy atom. The van der Waals surface area contributed by atoms with Gasteiger partial charge in [-0.3, -0.25) is 4.79 Å². The molecule has 0 atom stereocenters. The van der Waals surface area contributed by atoms with Crippen LogP contribution in [0.3, 0.4) is 0 Å². The molecule has 0 fully saturated rings. The van der Waals surface area contributed by atoms with Gasteiger partial charge >= 0.3 is 5.97 Å². The number of aromatic nitrogens is 4. The molecular formula is C9H8ClN5O2. The van der Waals surface area contributed by atoms with Crippen LogP contribution < -0.4 is 5.73 Å². The molecule has 17 heavy (non-hydrogen) atoms. The Balaban J connectivity index is 2.46. The molecule has 2 aromatic rings. The van der Waals surface area contributed by atoms with Gasteiger partial charge in [0.05, 0.1) is 0 Å². The fourth-order valence-corrected chi connectivity index (χ4v) is 1.49. The third-order valence-corrected chi connectivity index (χ3v) is 2.37. The third-order valence-electron chi connectivity index (χ3n) is 1.99. The molecule has 7 nitrogen and oxygen atoms in total. The van der Waals surface area contributed by atoms with Crippen LogP contribution in [0.25, 0.3) is 11.5 Å². The molecular weight excluding hydrogens is 246 g/mol. The standard InChI is InChI=1S/C9H8ClN5O2/c10-6-7(9-12-2-1-3-13-9)14-15(8(6)11)4-5(16)17/h1-3H,4,11H2,(H,16,17). The third kappa shape index (κ3) is 2.18. The number of hydrogen-bond donors (Lipinski definition) is 2. The maximum absolute atomic E-state index is 10.6. The molecule has 2 aromatic heterocycles. The van der Waals surface area contributed by atoms with Gasteiger partial charge in [0.15, 0.2) is 11.5 Å². The number of nitrogens with zero attached hydrogens (tertiary/aromatic N) is 4. The molecule has 0 saturated carbocycles. The van der Waals surface area contributed by atoms with Crippen molar-refractivity contribution in [2.45, 2.75) is 6.54 Å². The largest absolute Gasteiger partial charge is 0.480 e. The minimum atomic E-state index is -1.06. The zero-order valence-electron chi connectivity index (χ0n) is 8.54. The molecule has 2 rings (SSSR count). The van der Waals surface area contributed by atoms with Crippen molar-refractivity contribution in [2.75, 3.05) is 5.73 Å². The fraction of sp³-hybridized carbons (Fsp3) is 0.111. The molecule has 0 spiro atoms. The summed E-state index contributed by atoms with van der Waals surface area (Å²) >= 11 is 5.95. The van der Waals surface area contributed by atoms with Gasteiger partial charge in [0.1, 0.15) is 17.4 Å². The van der Waals surface area contributed by atoms with E-state index in [4.69, 9.17) is 22.4 Å². The lowest BCUT2D eigenvalue weighted by atomic mass is 10.4. The molecule has 8 heteroatoms. The molecule has 0 aromatic carbocycles. The Bertz CT molecular complexity index is 554. The van der Waals surface area contributed by atoms with Gasteiger partial charge in [-0.15, -0.1) is 0 Å². The molecule has 0 aliphatic rings. The van der Waals surface area contributed by atoms with Gasteiger partial charge in [0, 0.05) is 12.4 Å². The Morgan fingerprint density at radius 3 is 2.71 bits per heavy atom. The Labute approximate surface area is 101 Å². The SMILES string of the molecule is Nc1c(Cl)c(-c2ncccn2)nn1CC(=O)O. The summed E-state index contributed by atoms with van der Waals surface area (Å²) in [6.45, 7) is -0.363. The lowest BCUT2D eigenvalue weighted by Crippen LogP contribution is -2.12. The van der Waals surface area contributed by atoms with Gasteiger partial charge in [-0.2, -0.15) is 5.10 Å². The van der Waals surface area contributed by atoms with Gasteiger partial charge in [0.25, 0.3) is 0 Å². The monoisotopic (exact) mass is 253 g/mol. The smallest absolute Gasteiger partial charge is 0.325 e. The Kier molecular flexibility index (Phi) is 2.92. The number of halogens is 1. The van der Waals surface area contributed by atoms with Crippen molar-refractivity contribution in [1.82, 2.24) is 19.7 Å². The molecule has 3 N–H and O–H groups in total. The summed E-state index contributed by atoms with van der Waals surface area (Å²) in [7, 11) is 0. The average molecular weight is 254 g/mol. The molecule has 2 heterocycles. The first-order chi connectivity index (χ1) is 8.09. The average Bonchev–Trinajstić information content (AvgIpc) is 2.58. The van der Waals surface area contributed by atoms with E-state index in [2.05, 4.69) is 15.1 Å². The van der Waals surface area contributed by atoms with Crippen molar-refractivity contribution >= 4 is 23.4 Å². The van der Waals surface area contributed by atoms with E-state index >= 15 is 0 Å². The highest BCUT2D eigenvalue weighted by Crippen LogP contribution is 2.29. The van der Waals surface area contributed by atoms with Crippen LogP contribution in [0.1, 0.15) is 0 Å². The van der Waals surface area contributed by atoms with Crippen molar-refractivity contribution in [1.29, 1.82) is 0 Å². The van der Waals surface area contributed by atoms with Crippen LogP contribution in [-0.2, 0) is 11.3 Å². The maximum atomic E-state index is 10.6. The number of carboxylic acid groups (broad SMARTS) is 1. The van der Waals surface area contributed by atoms with Crippen LogP contribution in [0.2, 0.25) is 5.02 Å². The summed E-state index contributed by atoms with van der Waals surface area (Å²) in [5, 5.41) is 12.8. The van der Waals surface area contributed by atoms with Crippen LogP contribution in [0.5, 0.6) is 0 Å². The topological polar surface area (TPSA) is 107 Å². The van der Waals surface area contributed by atoms with Gasteiger partial charge < -0.3 is 10.8 Å². The highest BCUT2D eigenvalue weighted by atomic mass is 35.5. The quantitative estimate of drug-likeness (QED) is 0.832. The van der Waals surface area contributed by atoms with Crippen molar-refractivity contribution in [3.8, 4) is 11.5 Å². The molecule has 0 unspecified atom stereocenters. The number of rotatable bonds is 3. The van der Waals surface area contributed by atoms with E-state index in [9.17, 15) is 4.79 Å². The second kappa shape index (κ2) is 4.38. The molecule has 0 bridgehead atoms. The minimum absolute atomic E-state index is 0.0801. The van der Waals surface area contributed by atoms with E-state index in [1.165, 1.54) is 12.4 Å². The number of carbonyl (C=O) groups is 1. The molecule has 0 aliphatic carbocycles. The lowest BCUT2D eigenvalue weighted by Gasteiger charge is -1.97. The molecule has 0 saturated heterocycles. The van der Waals surface area contributed by atoms with Crippen molar-refractivity contribution in [3.63, 3.8) is 0 Å².